The maximum Gasteiger partial charge on any atom is 0.142 e. The molecular weight excluding hydrogens is 238 g/mol. The van der Waals surface area contributed by atoms with Crippen molar-refractivity contribution in [2.75, 3.05) is 14.2 Å². The van der Waals surface area contributed by atoms with Crippen molar-refractivity contribution in [2.45, 2.75) is 32.2 Å². The summed E-state index contributed by atoms with van der Waals surface area (Å²) in [5.74, 6) is 0.775. The first-order chi connectivity index (χ1) is 8.27. The summed E-state index contributed by atoms with van der Waals surface area (Å²) in [6, 6.07) is 2.19. The van der Waals surface area contributed by atoms with Crippen LogP contribution in [0.2, 0.25) is 5.02 Å². The molecule has 1 N–H and O–H groups in total. The molecule has 0 unspecified atom stereocenters. The zero-order chi connectivity index (χ0) is 12.3. The number of hydroxylamine groups is 1. The van der Waals surface area contributed by atoms with Gasteiger partial charge in [0.05, 0.1) is 19.2 Å². The number of hydrogen-bond donors (Lipinski definition) is 1. The maximum absolute atomic E-state index is 6.42. The molecule has 1 aliphatic rings. The average Bonchev–Trinajstić information content (AvgIpc) is 2.36. The number of halogens is 1. The Morgan fingerprint density at radius 3 is 2.76 bits per heavy atom. The van der Waals surface area contributed by atoms with E-state index in [4.69, 9.17) is 21.2 Å². The summed E-state index contributed by atoms with van der Waals surface area (Å²) < 4.78 is 5.41. The van der Waals surface area contributed by atoms with Gasteiger partial charge >= 0.3 is 0 Å². The predicted octanol–water partition coefficient (Wildman–Crippen LogP) is 2.88. The topological polar surface area (TPSA) is 30.5 Å². The third kappa shape index (κ3) is 2.57. The molecule has 0 saturated heterocycles. The summed E-state index contributed by atoms with van der Waals surface area (Å²) in [6.07, 6.45) is 4.62. The summed E-state index contributed by atoms with van der Waals surface area (Å²) in [4.78, 5) is 4.88. The monoisotopic (exact) mass is 255 g/mol. The van der Waals surface area contributed by atoms with Crippen molar-refractivity contribution < 1.29 is 9.57 Å². The second-order valence-electron chi connectivity index (χ2n) is 4.25. The Labute approximate surface area is 107 Å². The summed E-state index contributed by atoms with van der Waals surface area (Å²) in [5.41, 5.74) is 6.51. The molecule has 1 aliphatic carbocycles. The van der Waals surface area contributed by atoms with Gasteiger partial charge in [0.1, 0.15) is 5.75 Å². The van der Waals surface area contributed by atoms with E-state index >= 15 is 0 Å². The molecule has 94 valence electrons. The Balaban J connectivity index is 2.40. The van der Waals surface area contributed by atoms with Crippen LogP contribution >= 0.6 is 11.6 Å². The molecule has 0 radical (unpaired) electrons. The summed E-state index contributed by atoms with van der Waals surface area (Å²) in [7, 11) is 3.26. The van der Waals surface area contributed by atoms with Gasteiger partial charge in [-0.05, 0) is 36.8 Å². The van der Waals surface area contributed by atoms with E-state index in [9.17, 15) is 0 Å². The number of methoxy groups -OCH3 is 1. The van der Waals surface area contributed by atoms with Crippen molar-refractivity contribution >= 4 is 11.6 Å². The van der Waals surface area contributed by atoms with Gasteiger partial charge in [0.15, 0.2) is 0 Å². The third-order valence-electron chi connectivity index (χ3n) is 3.23. The fourth-order valence-electron chi connectivity index (χ4n) is 2.39. The van der Waals surface area contributed by atoms with Crippen molar-refractivity contribution in [3.8, 4) is 5.75 Å². The lowest BCUT2D eigenvalue weighted by molar-refractivity contribution is 0.0861. The molecule has 0 aliphatic heterocycles. The fourth-order valence-corrected chi connectivity index (χ4v) is 2.81. The van der Waals surface area contributed by atoms with Crippen molar-refractivity contribution in [3.63, 3.8) is 0 Å². The zero-order valence-electron chi connectivity index (χ0n) is 10.3. The Morgan fingerprint density at radius 2 is 2.06 bits per heavy atom. The quantitative estimate of drug-likeness (QED) is 0.840. The van der Waals surface area contributed by atoms with Crippen LogP contribution in [0.4, 0.5) is 0 Å². The van der Waals surface area contributed by atoms with Crippen LogP contribution in [0.5, 0.6) is 5.75 Å². The first-order valence-electron chi connectivity index (χ1n) is 5.91. The number of benzene rings is 1. The van der Waals surface area contributed by atoms with Crippen LogP contribution in [0.15, 0.2) is 6.07 Å². The van der Waals surface area contributed by atoms with Gasteiger partial charge in [-0.25, -0.2) is 0 Å². The van der Waals surface area contributed by atoms with Crippen molar-refractivity contribution in [2.24, 2.45) is 0 Å². The number of fused-ring (bicyclic) bond motifs is 1. The highest BCUT2D eigenvalue weighted by Gasteiger charge is 2.19. The lowest BCUT2D eigenvalue weighted by Gasteiger charge is -2.21. The molecule has 0 spiro atoms. The van der Waals surface area contributed by atoms with Crippen LogP contribution in [-0.4, -0.2) is 14.2 Å². The lowest BCUT2D eigenvalue weighted by atomic mass is 9.90. The van der Waals surface area contributed by atoms with Crippen molar-refractivity contribution in [1.82, 2.24) is 5.48 Å². The largest absolute Gasteiger partial charge is 0.495 e. The van der Waals surface area contributed by atoms with Crippen LogP contribution in [0.3, 0.4) is 0 Å². The Bertz CT molecular complexity index is 407. The molecule has 4 heteroatoms. The minimum absolute atomic E-state index is 0.604. The number of ether oxygens (including phenoxy) is 1. The zero-order valence-corrected chi connectivity index (χ0v) is 11.1. The van der Waals surface area contributed by atoms with Gasteiger partial charge in [-0.1, -0.05) is 17.7 Å². The molecule has 0 atom stereocenters. The van der Waals surface area contributed by atoms with E-state index in [1.165, 1.54) is 24.0 Å². The number of hydrogen-bond acceptors (Lipinski definition) is 3. The van der Waals surface area contributed by atoms with Gasteiger partial charge in [-0.2, -0.15) is 5.48 Å². The SMILES string of the molecule is CONCc1cc2c(c(Cl)c1OC)CCCC2. The molecule has 17 heavy (non-hydrogen) atoms. The minimum atomic E-state index is 0.604. The van der Waals surface area contributed by atoms with Crippen LogP contribution < -0.4 is 10.2 Å². The Morgan fingerprint density at radius 1 is 1.29 bits per heavy atom. The van der Waals surface area contributed by atoms with E-state index < -0.39 is 0 Å². The maximum atomic E-state index is 6.42. The van der Waals surface area contributed by atoms with E-state index in [-0.39, 0.29) is 0 Å². The van der Waals surface area contributed by atoms with Gasteiger partial charge in [0.2, 0.25) is 0 Å². The van der Waals surface area contributed by atoms with Crippen LogP contribution in [-0.2, 0) is 24.2 Å². The minimum Gasteiger partial charge on any atom is -0.495 e. The summed E-state index contributed by atoms with van der Waals surface area (Å²) in [6.45, 7) is 0.604. The first-order valence-corrected chi connectivity index (χ1v) is 6.28. The Hall–Kier alpha value is -0.770. The molecule has 0 saturated carbocycles. The van der Waals surface area contributed by atoms with Gasteiger partial charge < -0.3 is 9.57 Å². The van der Waals surface area contributed by atoms with Crippen molar-refractivity contribution in [1.29, 1.82) is 0 Å². The van der Waals surface area contributed by atoms with E-state index in [0.717, 1.165) is 29.2 Å². The molecule has 2 rings (SSSR count). The summed E-state index contributed by atoms with van der Waals surface area (Å²) >= 11 is 6.42. The van der Waals surface area contributed by atoms with Gasteiger partial charge in [0, 0.05) is 12.1 Å². The van der Waals surface area contributed by atoms with Gasteiger partial charge in [0.25, 0.3) is 0 Å². The molecule has 1 aromatic rings. The number of rotatable bonds is 4. The molecule has 0 aromatic heterocycles. The fraction of sp³-hybridized carbons (Fsp3) is 0.538. The van der Waals surface area contributed by atoms with Crippen LogP contribution in [0.25, 0.3) is 0 Å². The summed E-state index contributed by atoms with van der Waals surface area (Å²) in [5, 5.41) is 0.776. The molecule has 1 aromatic carbocycles. The van der Waals surface area contributed by atoms with E-state index in [0.29, 0.717) is 6.54 Å². The Kier molecular flexibility index (Phi) is 4.26. The van der Waals surface area contributed by atoms with Crippen LogP contribution in [0, 0.1) is 0 Å². The molecular formula is C13H18ClNO2. The molecule has 3 nitrogen and oxygen atoms in total. The normalized spacial score (nSPS) is 14.5. The van der Waals surface area contributed by atoms with Crippen molar-refractivity contribution in [3.05, 3.63) is 27.8 Å². The van der Waals surface area contributed by atoms with Gasteiger partial charge in [-0.3, -0.25) is 0 Å². The first kappa shape index (κ1) is 12.7. The molecule has 0 bridgehead atoms. The second-order valence-corrected chi connectivity index (χ2v) is 4.63. The van der Waals surface area contributed by atoms with E-state index in [1.54, 1.807) is 14.2 Å². The van der Waals surface area contributed by atoms with Crippen LogP contribution in [0.1, 0.15) is 29.5 Å². The predicted molar refractivity (Wildman–Crippen MR) is 68.5 cm³/mol. The van der Waals surface area contributed by atoms with Gasteiger partial charge in [-0.15, -0.1) is 0 Å². The average molecular weight is 256 g/mol. The molecule has 0 amide bonds. The lowest BCUT2D eigenvalue weighted by Crippen LogP contribution is -2.14. The van der Waals surface area contributed by atoms with E-state index in [2.05, 4.69) is 11.5 Å². The smallest absolute Gasteiger partial charge is 0.142 e. The number of nitrogens with one attached hydrogen (secondary N) is 1. The van der Waals surface area contributed by atoms with E-state index in [1.807, 2.05) is 0 Å². The molecule has 0 heterocycles. The highest BCUT2D eigenvalue weighted by molar-refractivity contribution is 6.33. The number of aryl methyl sites for hydroxylation is 1. The standard InChI is InChI=1S/C13H18ClNO2/c1-16-13-10(8-15-17-2)7-9-5-3-4-6-11(9)12(13)14/h7,15H,3-6,8H2,1-2H3. The highest BCUT2D eigenvalue weighted by Crippen LogP contribution is 2.38. The molecule has 0 fully saturated rings. The second kappa shape index (κ2) is 5.71. The third-order valence-corrected chi connectivity index (χ3v) is 3.63. The highest BCUT2D eigenvalue weighted by atomic mass is 35.5.